The number of carbonyl (C=O) groups excluding carboxylic acids is 1. The van der Waals surface area contributed by atoms with Gasteiger partial charge in [-0.15, -0.1) is 11.6 Å². The molecule has 1 aromatic carbocycles. The fourth-order valence-electron chi connectivity index (χ4n) is 1.74. The number of hydrogen-bond donors (Lipinski definition) is 0. The second-order valence-corrected chi connectivity index (χ2v) is 4.08. The number of benzene rings is 1. The Balaban J connectivity index is 3.27. The number of nitrogens with zero attached hydrogens (tertiary/aromatic N) is 1. The number of alkyl halides is 1. The summed E-state index contributed by atoms with van der Waals surface area (Å²) < 4.78 is 0. The van der Waals surface area contributed by atoms with E-state index in [-0.39, 0.29) is 5.78 Å². The molecule has 1 aromatic rings. The fourth-order valence-corrected chi connectivity index (χ4v) is 1.94. The first kappa shape index (κ1) is 12.7. The molecule has 0 aromatic heterocycles. The monoisotopic (exact) mass is 235 g/mol. The number of halogens is 1. The Bertz CT molecular complexity index is 434. The van der Waals surface area contributed by atoms with E-state index < -0.39 is 5.38 Å². The highest BCUT2D eigenvalue weighted by Gasteiger charge is 2.18. The summed E-state index contributed by atoms with van der Waals surface area (Å²) in [6.45, 7) is 3.49. The molecule has 0 saturated carbocycles. The maximum absolute atomic E-state index is 11.3. The third kappa shape index (κ3) is 2.62. The molecule has 1 atom stereocenters. The van der Waals surface area contributed by atoms with Crippen molar-refractivity contribution in [2.75, 3.05) is 0 Å². The van der Waals surface area contributed by atoms with Crippen molar-refractivity contribution in [1.29, 1.82) is 5.26 Å². The molecule has 1 rings (SSSR count). The van der Waals surface area contributed by atoms with Gasteiger partial charge in [-0.3, -0.25) is 4.79 Å². The SMILES string of the molecule is CCc1cccc(C(Cl)C(C)=O)c1CC#N. The lowest BCUT2D eigenvalue weighted by Crippen LogP contribution is -2.07. The zero-order valence-electron chi connectivity index (χ0n) is 9.46. The first-order valence-electron chi connectivity index (χ1n) is 5.24. The molecule has 1 unspecified atom stereocenters. The van der Waals surface area contributed by atoms with Gasteiger partial charge in [0.2, 0.25) is 0 Å². The van der Waals surface area contributed by atoms with E-state index in [0.717, 1.165) is 23.1 Å². The summed E-state index contributed by atoms with van der Waals surface area (Å²) in [5, 5.41) is 8.16. The van der Waals surface area contributed by atoms with Gasteiger partial charge < -0.3 is 0 Å². The number of hydrogen-bond acceptors (Lipinski definition) is 2. The van der Waals surface area contributed by atoms with Crippen LogP contribution in [-0.2, 0) is 17.6 Å². The summed E-state index contributed by atoms with van der Waals surface area (Å²) in [6, 6.07) is 7.80. The molecule has 0 radical (unpaired) electrons. The number of rotatable bonds is 4. The van der Waals surface area contributed by atoms with E-state index >= 15 is 0 Å². The van der Waals surface area contributed by atoms with Gasteiger partial charge in [-0.05, 0) is 30.0 Å². The minimum absolute atomic E-state index is 0.0888. The molecule has 0 N–H and O–H groups in total. The lowest BCUT2D eigenvalue weighted by Gasteiger charge is -2.14. The molecule has 0 amide bonds. The first-order valence-corrected chi connectivity index (χ1v) is 5.67. The van der Waals surface area contributed by atoms with Gasteiger partial charge in [0.1, 0.15) is 5.38 Å². The predicted octanol–water partition coefficient (Wildman–Crippen LogP) is 3.18. The average molecular weight is 236 g/mol. The Hall–Kier alpha value is -1.33. The summed E-state index contributed by atoms with van der Waals surface area (Å²) in [6.07, 6.45) is 1.14. The van der Waals surface area contributed by atoms with Gasteiger partial charge in [0.15, 0.2) is 5.78 Å². The topological polar surface area (TPSA) is 40.9 Å². The van der Waals surface area contributed by atoms with E-state index in [2.05, 4.69) is 6.07 Å². The molecule has 0 aliphatic rings. The number of aryl methyl sites for hydroxylation is 1. The third-order valence-electron chi connectivity index (χ3n) is 2.58. The summed E-state index contributed by atoms with van der Waals surface area (Å²) in [7, 11) is 0. The maximum Gasteiger partial charge on any atom is 0.152 e. The van der Waals surface area contributed by atoms with E-state index in [0.29, 0.717) is 6.42 Å². The minimum Gasteiger partial charge on any atom is -0.298 e. The smallest absolute Gasteiger partial charge is 0.152 e. The van der Waals surface area contributed by atoms with Crippen LogP contribution in [0.4, 0.5) is 0 Å². The van der Waals surface area contributed by atoms with E-state index in [1.54, 1.807) is 0 Å². The lowest BCUT2D eigenvalue weighted by molar-refractivity contribution is -0.116. The van der Waals surface area contributed by atoms with Crippen molar-refractivity contribution in [2.45, 2.75) is 32.1 Å². The molecular weight excluding hydrogens is 222 g/mol. The van der Waals surface area contributed by atoms with Gasteiger partial charge in [0.25, 0.3) is 0 Å². The highest BCUT2D eigenvalue weighted by Crippen LogP contribution is 2.27. The predicted molar refractivity (Wildman–Crippen MR) is 64.4 cm³/mol. The van der Waals surface area contributed by atoms with Crippen LogP contribution in [0.25, 0.3) is 0 Å². The van der Waals surface area contributed by atoms with Crippen LogP contribution in [0, 0.1) is 11.3 Å². The van der Waals surface area contributed by atoms with Crippen molar-refractivity contribution in [1.82, 2.24) is 0 Å². The van der Waals surface area contributed by atoms with Crippen molar-refractivity contribution in [3.63, 3.8) is 0 Å². The molecule has 3 heteroatoms. The molecule has 0 heterocycles. The Morgan fingerprint density at radius 3 is 2.75 bits per heavy atom. The minimum atomic E-state index is -0.644. The van der Waals surface area contributed by atoms with E-state index in [4.69, 9.17) is 16.9 Å². The van der Waals surface area contributed by atoms with Gasteiger partial charge in [0, 0.05) is 0 Å². The van der Waals surface area contributed by atoms with Crippen LogP contribution in [0.3, 0.4) is 0 Å². The molecule has 0 aliphatic carbocycles. The molecule has 0 spiro atoms. The Morgan fingerprint density at radius 1 is 1.56 bits per heavy atom. The maximum atomic E-state index is 11.3. The summed E-state index contributed by atoms with van der Waals surface area (Å²) in [5.41, 5.74) is 2.77. The number of carbonyl (C=O) groups is 1. The Labute approximate surface area is 101 Å². The summed E-state index contributed by atoms with van der Waals surface area (Å²) in [5.74, 6) is -0.0888. The van der Waals surface area contributed by atoms with Crippen LogP contribution in [0.15, 0.2) is 18.2 Å². The Kier molecular flexibility index (Phi) is 4.52. The molecule has 0 fully saturated rings. The van der Waals surface area contributed by atoms with Crippen molar-refractivity contribution < 1.29 is 4.79 Å². The fraction of sp³-hybridized carbons (Fsp3) is 0.385. The standard InChI is InChI=1S/C13H14ClNO/c1-3-10-5-4-6-12(11(10)7-8-15)13(14)9(2)16/h4-6,13H,3,7H2,1-2H3. The van der Waals surface area contributed by atoms with Gasteiger partial charge in [-0.2, -0.15) is 5.26 Å². The zero-order chi connectivity index (χ0) is 12.1. The van der Waals surface area contributed by atoms with Crippen LogP contribution < -0.4 is 0 Å². The molecule has 84 valence electrons. The van der Waals surface area contributed by atoms with Gasteiger partial charge in [-0.25, -0.2) is 0 Å². The quantitative estimate of drug-likeness (QED) is 0.752. The van der Waals surface area contributed by atoms with E-state index in [1.807, 2.05) is 25.1 Å². The van der Waals surface area contributed by atoms with Gasteiger partial charge in [0.05, 0.1) is 12.5 Å². The summed E-state index contributed by atoms with van der Waals surface area (Å²) >= 11 is 6.05. The average Bonchev–Trinajstić information content (AvgIpc) is 2.28. The number of Topliss-reactive ketones (excluding diaryl/α,β-unsaturated/α-hetero) is 1. The largest absolute Gasteiger partial charge is 0.298 e. The van der Waals surface area contributed by atoms with Crippen LogP contribution in [0.1, 0.15) is 35.9 Å². The first-order chi connectivity index (χ1) is 7.61. The highest BCUT2D eigenvalue weighted by molar-refractivity contribution is 6.30. The van der Waals surface area contributed by atoms with Crippen molar-refractivity contribution in [2.24, 2.45) is 0 Å². The van der Waals surface area contributed by atoms with Crippen molar-refractivity contribution in [3.05, 3.63) is 34.9 Å². The summed E-state index contributed by atoms with van der Waals surface area (Å²) in [4.78, 5) is 11.3. The van der Waals surface area contributed by atoms with Gasteiger partial charge in [-0.1, -0.05) is 25.1 Å². The van der Waals surface area contributed by atoms with Crippen LogP contribution >= 0.6 is 11.6 Å². The molecule has 2 nitrogen and oxygen atoms in total. The lowest BCUT2D eigenvalue weighted by atomic mass is 9.94. The second-order valence-electron chi connectivity index (χ2n) is 3.65. The van der Waals surface area contributed by atoms with Crippen LogP contribution in [0.5, 0.6) is 0 Å². The normalized spacial score (nSPS) is 11.9. The van der Waals surface area contributed by atoms with Crippen LogP contribution in [-0.4, -0.2) is 5.78 Å². The van der Waals surface area contributed by atoms with Gasteiger partial charge >= 0.3 is 0 Å². The zero-order valence-corrected chi connectivity index (χ0v) is 10.2. The molecule has 0 saturated heterocycles. The molecular formula is C13H14ClNO. The number of nitriles is 1. The van der Waals surface area contributed by atoms with E-state index in [1.165, 1.54) is 6.92 Å². The highest BCUT2D eigenvalue weighted by atomic mass is 35.5. The van der Waals surface area contributed by atoms with Crippen LogP contribution in [0.2, 0.25) is 0 Å². The van der Waals surface area contributed by atoms with Crippen molar-refractivity contribution in [3.8, 4) is 6.07 Å². The number of ketones is 1. The van der Waals surface area contributed by atoms with E-state index in [9.17, 15) is 4.79 Å². The second kappa shape index (κ2) is 5.67. The third-order valence-corrected chi connectivity index (χ3v) is 3.12. The molecule has 0 aliphatic heterocycles. The molecule has 16 heavy (non-hydrogen) atoms. The van der Waals surface area contributed by atoms with Crippen molar-refractivity contribution >= 4 is 17.4 Å². The Morgan fingerprint density at radius 2 is 2.25 bits per heavy atom. The molecule has 0 bridgehead atoms.